The third-order valence-corrected chi connectivity index (χ3v) is 2.48. The standard InChI is InChI=1S/C12H13F2N3/c1-15-3-2-11-12(17-7-16-11)8-4-9(13)6-10(14)5-8/h4-7,15H,2-3H2,1H3,(H,16,17). The van der Waals surface area contributed by atoms with Crippen molar-refractivity contribution in [1.82, 2.24) is 15.3 Å². The lowest BCUT2D eigenvalue weighted by Crippen LogP contribution is -2.11. The highest BCUT2D eigenvalue weighted by Gasteiger charge is 2.10. The number of nitrogens with one attached hydrogen (secondary N) is 2. The zero-order valence-electron chi connectivity index (χ0n) is 9.43. The molecule has 0 aliphatic rings. The summed E-state index contributed by atoms with van der Waals surface area (Å²) in [7, 11) is 1.85. The lowest BCUT2D eigenvalue weighted by Gasteiger charge is -2.03. The van der Waals surface area contributed by atoms with Gasteiger partial charge in [-0.15, -0.1) is 0 Å². The van der Waals surface area contributed by atoms with Gasteiger partial charge in [-0.25, -0.2) is 13.8 Å². The Morgan fingerprint density at radius 3 is 2.59 bits per heavy atom. The summed E-state index contributed by atoms with van der Waals surface area (Å²) in [6.07, 6.45) is 2.26. The van der Waals surface area contributed by atoms with Crippen molar-refractivity contribution >= 4 is 0 Å². The number of hydrogen-bond acceptors (Lipinski definition) is 2. The van der Waals surface area contributed by atoms with Crippen LogP contribution in [0.3, 0.4) is 0 Å². The van der Waals surface area contributed by atoms with Gasteiger partial charge in [-0.1, -0.05) is 0 Å². The summed E-state index contributed by atoms with van der Waals surface area (Å²) in [6.45, 7) is 0.771. The van der Waals surface area contributed by atoms with Crippen LogP contribution >= 0.6 is 0 Å². The van der Waals surface area contributed by atoms with E-state index >= 15 is 0 Å². The Labute approximate surface area is 97.9 Å². The van der Waals surface area contributed by atoms with Crippen molar-refractivity contribution in [3.05, 3.63) is 41.9 Å². The largest absolute Gasteiger partial charge is 0.348 e. The lowest BCUT2D eigenvalue weighted by atomic mass is 10.1. The van der Waals surface area contributed by atoms with Gasteiger partial charge in [0.2, 0.25) is 0 Å². The minimum Gasteiger partial charge on any atom is -0.348 e. The summed E-state index contributed by atoms with van der Waals surface area (Å²) < 4.78 is 26.2. The molecule has 0 aliphatic heterocycles. The number of rotatable bonds is 4. The van der Waals surface area contributed by atoms with Crippen LogP contribution in [0.4, 0.5) is 8.78 Å². The van der Waals surface area contributed by atoms with Crippen LogP contribution in [0.1, 0.15) is 5.69 Å². The minimum absolute atomic E-state index is 0.454. The van der Waals surface area contributed by atoms with Crippen molar-refractivity contribution in [2.24, 2.45) is 0 Å². The molecule has 5 heteroatoms. The maximum absolute atomic E-state index is 13.1. The van der Waals surface area contributed by atoms with Crippen molar-refractivity contribution in [1.29, 1.82) is 0 Å². The average Bonchev–Trinajstić information content (AvgIpc) is 2.73. The Morgan fingerprint density at radius 1 is 1.24 bits per heavy atom. The van der Waals surface area contributed by atoms with Crippen molar-refractivity contribution in [2.45, 2.75) is 6.42 Å². The summed E-state index contributed by atoms with van der Waals surface area (Å²) in [4.78, 5) is 7.09. The van der Waals surface area contributed by atoms with Crippen LogP contribution in [-0.4, -0.2) is 23.6 Å². The number of aromatic nitrogens is 2. The van der Waals surface area contributed by atoms with Crippen LogP contribution in [0.25, 0.3) is 11.3 Å². The first kappa shape index (κ1) is 11.7. The smallest absolute Gasteiger partial charge is 0.126 e. The van der Waals surface area contributed by atoms with E-state index in [1.165, 1.54) is 18.5 Å². The average molecular weight is 237 g/mol. The monoisotopic (exact) mass is 237 g/mol. The second kappa shape index (κ2) is 5.05. The Bertz CT molecular complexity index is 488. The van der Waals surface area contributed by atoms with Crippen LogP contribution in [0.15, 0.2) is 24.5 Å². The normalized spacial score (nSPS) is 10.8. The molecular formula is C12H13F2N3. The van der Waals surface area contributed by atoms with Crippen LogP contribution < -0.4 is 5.32 Å². The van der Waals surface area contributed by atoms with E-state index in [1.807, 2.05) is 7.05 Å². The number of imidazole rings is 1. The van der Waals surface area contributed by atoms with Crippen LogP contribution in [0.5, 0.6) is 0 Å². The van der Waals surface area contributed by atoms with E-state index in [0.29, 0.717) is 11.3 Å². The third kappa shape index (κ3) is 2.68. The van der Waals surface area contributed by atoms with Gasteiger partial charge < -0.3 is 10.3 Å². The van der Waals surface area contributed by atoms with Gasteiger partial charge in [0.15, 0.2) is 0 Å². The SMILES string of the molecule is CNCCc1[nH]cnc1-c1cc(F)cc(F)c1. The van der Waals surface area contributed by atoms with Crippen LogP contribution in [0.2, 0.25) is 0 Å². The molecule has 0 radical (unpaired) electrons. The molecule has 1 aromatic heterocycles. The highest BCUT2D eigenvalue weighted by atomic mass is 19.1. The maximum atomic E-state index is 13.1. The molecule has 17 heavy (non-hydrogen) atoms. The molecule has 0 bridgehead atoms. The Kier molecular flexibility index (Phi) is 3.49. The molecule has 1 aromatic carbocycles. The summed E-state index contributed by atoms with van der Waals surface area (Å²) in [6, 6.07) is 3.41. The molecule has 0 saturated carbocycles. The van der Waals surface area contributed by atoms with Gasteiger partial charge >= 0.3 is 0 Å². The van der Waals surface area contributed by atoms with Gasteiger partial charge in [0.25, 0.3) is 0 Å². The summed E-state index contributed by atoms with van der Waals surface area (Å²) in [5.41, 5.74) is 1.91. The van der Waals surface area contributed by atoms with E-state index in [-0.39, 0.29) is 0 Å². The van der Waals surface area contributed by atoms with E-state index in [4.69, 9.17) is 0 Å². The fraction of sp³-hybridized carbons (Fsp3) is 0.250. The zero-order chi connectivity index (χ0) is 12.3. The second-order valence-electron chi connectivity index (χ2n) is 3.74. The summed E-state index contributed by atoms with van der Waals surface area (Å²) in [5.74, 6) is -1.19. The molecule has 0 spiro atoms. The first-order valence-corrected chi connectivity index (χ1v) is 5.34. The van der Waals surface area contributed by atoms with Crippen molar-refractivity contribution in [2.75, 3.05) is 13.6 Å². The fourth-order valence-electron chi connectivity index (χ4n) is 1.70. The Hall–Kier alpha value is -1.75. The molecule has 0 saturated heterocycles. The van der Waals surface area contributed by atoms with Gasteiger partial charge in [-0.2, -0.15) is 0 Å². The maximum Gasteiger partial charge on any atom is 0.126 e. The van der Waals surface area contributed by atoms with E-state index < -0.39 is 11.6 Å². The minimum atomic E-state index is -0.595. The quantitative estimate of drug-likeness (QED) is 0.855. The molecule has 0 unspecified atom stereocenters. The molecule has 90 valence electrons. The topological polar surface area (TPSA) is 40.7 Å². The number of hydrogen-bond donors (Lipinski definition) is 2. The molecule has 2 aromatic rings. The van der Waals surface area contributed by atoms with Gasteiger partial charge in [-0.3, -0.25) is 0 Å². The molecule has 0 atom stereocenters. The van der Waals surface area contributed by atoms with E-state index in [9.17, 15) is 8.78 Å². The van der Waals surface area contributed by atoms with E-state index in [1.54, 1.807) is 0 Å². The Morgan fingerprint density at radius 2 is 1.94 bits per heavy atom. The number of benzene rings is 1. The lowest BCUT2D eigenvalue weighted by molar-refractivity contribution is 0.584. The van der Waals surface area contributed by atoms with Crippen LogP contribution in [0, 0.1) is 11.6 Å². The number of halogens is 2. The highest BCUT2D eigenvalue weighted by molar-refractivity contribution is 5.61. The third-order valence-electron chi connectivity index (χ3n) is 2.48. The Balaban J connectivity index is 2.35. The van der Waals surface area contributed by atoms with E-state index in [2.05, 4.69) is 15.3 Å². The highest BCUT2D eigenvalue weighted by Crippen LogP contribution is 2.22. The molecule has 2 rings (SSSR count). The fourth-order valence-corrected chi connectivity index (χ4v) is 1.70. The second-order valence-corrected chi connectivity index (χ2v) is 3.74. The first-order chi connectivity index (χ1) is 8.20. The molecule has 1 heterocycles. The van der Waals surface area contributed by atoms with Crippen LogP contribution in [-0.2, 0) is 6.42 Å². The zero-order valence-corrected chi connectivity index (χ0v) is 9.43. The van der Waals surface area contributed by atoms with E-state index in [0.717, 1.165) is 24.7 Å². The van der Waals surface area contributed by atoms with Crippen molar-refractivity contribution < 1.29 is 8.78 Å². The predicted octanol–water partition coefficient (Wildman–Crippen LogP) is 2.12. The first-order valence-electron chi connectivity index (χ1n) is 5.34. The van der Waals surface area contributed by atoms with Crippen molar-refractivity contribution in [3.8, 4) is 11.3 Å². The molecule has 3 nitrogen and oxygen atoms in total. The van der Waals surface area contributed by atoms with Gasteiger partial charge in [-0.05, 0) is 19.2 Å². The number of H-pyrrole nitrogens is 1. The molecular weight excluding hydrogens is 224 g/mol. The molecule has 0 aliphatic carbocycles. The number of nitrogens with zero attached hydrogens (tertiary/aromatic N) is 1. The molecule has 0 amide bonds. The number of likely N-dealkylation sites (N-methyl/N-ethyl adjacent to an activating group) is 1. The molecule has 0 fully saturated rings. The predicted molar refractivity (Wildman–Crippen MR) is 61.6 cm³/mol. The van der Waals surface area contributed by atoms with Gasteiger partial charge in [0.05, 0.1) is 12.0 Å². The van der Waals surface area contributed by atoms with Crippen molar-refractivity contribution in [3.63, 3.8) is 0 Å². The number of aromatic amines is 1. The summed E-state index contributed by atoms with van der Waals surface area (Å²) in [5, 5.41) is 3.01. The summed E-state index contributed by atoms with van der Waals surface area (Å²) >= 11 is 0. The molecule has 2 N–H and O–H groups in total. The van der Waals surface area contributed by atoms with Gasteiger partial charge in [0.1, 0.15) is 11.6 Å². The van der Waals surface area contributed by atoms with Gasteiger partial charge in [0, 0.05) is 30.3 Å².